The second-order valence-corrected chi connectivity index (χ2v) is 6.88. The van der Waals surface area contributed by atoms with Crippen LogP contribution in [0, 0.1) is 6.92 Å². The maximum absolute atomic E-state index is 12.6. The van der Waals surface area contributed by atoms with E-state index >= 15 is 0 Å². The number of carbonyl (C=O) groups is 1. The van der Waals surface area contributed by atoms with Crippen LogP contribution in [0.2, 0.25) is 5.02 Å². The maximum Gasteiger partial charge on any atom is 0.269 e. The van der Waals surface area contributed by atoms with Gasteiger partial charge in [0, 0.05) is 5.56 Å². The highest BCUT2D eigenvalue weighted by Crippen LogP contribution is 2.33. The first kappa shape index (κ1) is 15.8. The van der Waals surface area contributed by atoms with E-state index in [0.29, 0.717) is 21.5 Å². The van der Waals surface area contributed by atoms with E-state index in [1.807, 2.05) is 55.5 Å². The molecule has 4 aromatic rings. The topological polar surface area (TPSA) is 70.7 Å². The van der Waals surface area contributed by atoms with Crippen molar-refractivity contribution in [2.75, 3.05) is 5.32 Å². The van der Waals surface area contributed by atoms with E-state index in [4.69, 9.17) is 11.6 Å². The molecule has 2 aromatic heterocycles. The summed E-state index contributed by atoms with van der Waals surface area (Å²) in [4.78, 5) is 25.1. The average molecular weight is 369 g/mol. The molecule has 2 aromatic carbocycles. The standard InChI is InChI=1S/C18H13ClN4OS/c1-10-15(25-17(20-10)11-6-2-3-7-12(11)19)16(24)23-18-21-13-8-4-5-9-14(13)22-18/h2-9H,1H3,(H2,21,22,23,24). The first-order valence-corrected chi connectivity index (χ1v) is 8.79. The zero-order valence-corrected chi connectivity index (χ0v) is 14.8. The van der Waals surface area contributed by atoms with Crippen molar-refractivity contribution < 1.29 is 4.79 Å². The molecule has 0 aliphatic heterocycles. The molecule has 0 bridgehead atoms. The van der Waals surface area contributed by atoms with Gasteiger partial charge in [-0.1, -0.05) is 41.9 Å². The molecule has 1 amide bonds. The summed E-state index contributed by atoms with van der Waals surface area (Å²) in [5.41, 5.74) is 3.15. The van der Waals surface area contributed by atoms with Crippen molar-refractivity contribution in [3.63, 3.8) is 0 Å². The molecule has 4 rings (SSSR count). The number of halogens is 1. The fourth-order valence-corrected chi connectivity index (χ4v) is 3.82. The summed E-state index contributed by atoms with van der Waals surface area (Å²) in [6.45, 7) is 1.81. The number of aromatic amines is 1. The van der Waals surface area contributed by atoms with Gasteiger partial charge in [0.2, 0.25) is 5.95 Å². The summed E-state index contributed by atoms with van der Waals surface area (Å²) in [6.07, 6.45) is 0. The van der Waals surface area contributed by atoms with Crippen LogP contribution in [0.4, 0.5) is 5.95 Å². The van der Waals surface area contributed by atoms with Crippen LogP contribution in [-0.2, 0) is 0 Å². The van der Waals surface area contributed by atoms with Crippen molar-refractivity contribution in [2.24, 2.45) is 0 Å². The summed E-state index contributed by atoms with van der Waals surface area (Å²) in [7, 11) is 0. The van der Waals surface area contributed by atoms with Gasteiger partial charge in [-0.25, -0.2) is 9.97 Å². The number of thiazole rings is 1. The molecule has 0 unspecified atom stereocenters. The Hall–Kier alpha value is -2.70. The number of hydrogen-bond acceptors (Lipinski definition) is 4. The number of aromatic nitrogens is 3. The summed E-state index contributed by atoms with van der Waals surface area (Å²) in [6, 6.07) is 15.1. The van der Waals surface area contributed by atoms with Gasteiger partial charge in [0.25, 0.3) is 5.91 Å². The summed E-state index contributed by atoms with van der Waals surface area (Å²) in [5, 5.41) is 4.13. The van der Waals surface area contributed by atoms with Gasteiger partial charge >= 0.3 is 0 Å². The number of amides is 1. The molecule has 0 aliphatic rings. The number of imidazole rings is 1. The molecule has 0 fully saturated rings. The van der Waals surface area contributed by atoms with Crippen molar-refractivity contribution in [1.29, 1.82) is 0 Å². The van der Waals surface area contributed by atoms with Crippen LogP contribution in [0.3, 0.4) is 0 Å². The summed E-state index contributed by atoms with van der Waals surface area (Å²) >= 11 is 7.54. The van der Waals surface area contributed by atoms with Gasteiger partial charge in [-0.2, -0.15) is 0 Å². The minimum atomic E-state index is -0.243. The normalized spacial score (nSPS) is 11.0. The quantitative estimate of drug-likeness (QED) is 0.540. The smallest absolute Gasteiger partial charge is 0.269 e. The Bertz CT molecular complexity index is 1050. The lowest BCUT2D eigenvalue weighted by Crippen LogP contribution is -2.12. The molecular formula is C18H13ClN4OS. The van der Waals surface area contributed by atoms with Gasteiger partial charge in [0.05, 0.1) is 21.7 Å². The van der Waals surface area contributed by atoms with Gasteiger partial charge in [-0.3, -0.25) is 10.1 Å². The monoisotopic (exact) mass is 368 g/mol. The minimum absolute atomic E-state index is 0.243. The number of anilines is 1. The lowest BCUT2D eigenvalue weighted by molar-refractivity contribution is 0.102. The van der Waals surface area contributed by atoms with Gasteiger partial charge < -0.3 is 4.98 Å². The average Bonchev–Trinajstić information content (AvgIpc) is 3.18. The van der Waals surface area contributed by atoms with E-state index in [-0.39, 0.29) is 5.91 Å². The largest absolute Gasteiger partial charge is 0.324 e. The Morgan fingerprint density at radius 3 is 2.68 bits per heavy atom. The Labute approximate surface area is 152 Å². The number of para-hydroxylation sites is 2. The predicted octanol–water partition coefficient (Wildman–Crippen LogP) is 4.90. The van der Waals surface area contributed by atoms with Crippen molar-refractivity contribution in [3.8, 4) is 10.6 Å². The van der Waals surface area contributed by atoms with E-state index in [1.165, 1.54) is 11.3 Å². The number of benzene rings is 2. The summed E-state index contributed by atoms with van der Waals surface area (Å²) in [5.74, 6) is 0.172. The van der Waals surface area contributed by atoms with E-state index in [1.54, 1.807) is 0 Å². The minimum Gasteiger partial charge on any atom is -0.324 e. The highest BCUT2D eigenvalue weighted by molar-refractivity contribution is 7.17. The fourth-order valence-electron chi connectivity index (χ4n) is 2.53. The van der Waals surface area contributed by atoms with E-state index in [9.17, 15) is 4.79 Å². The molecule has 0 saturated carbocycles. The number of aryl methyl sites for hydroxylation is 1. The number of nitrogens with one attached hydrogen (secondary N) is 2. The molecule has 2 heterocycles. The zero-order chi connectivity index (χ0) is 17.4. The Morgan fingerprint density at radius 1 is 1.12 bits per heavy atom. The third kappa shape index (κ3) is 3.01. The number of hydrogen-bond donors (Lipinski definition) is 2. The molecule has 0 saturated heterocycles. The van der Waals surface area contributed by atoms with E-state index in [2.05, 4.69) is 20.3 Å². The SMILES string of the molecule is Cc1nc(-c2ccccc2Cl)sc1C(=O)Nc1nc2ccccc2[nH]1. The summed E-state index contributed by atoms with van der Waals surface area (Å²) < 4.78 is 0. The van der Waals surface area contributed by atoms with Gasteiger partial charge in [0.15, 0.2) is 0 Å². The predicted molar refractivity (Wildman–Crippen MR) is 101 cm³/mol. The third-order valence-electron chi connectivity index (χ3n) is 3.73. The second kappa shape index (κ2) is 6.31. The number of fused-ring (bicyclic) bond motifs is 1. The van der Waals surface area contributed by atoms with Crippen LogP contribution < -0.4 is 5.32 Å². The fraction of sp³-hybridized carbons (Fsp3) is 0.0556. The number of H-pyrrole nitrogens is 1. The third-order valence-corrected chi connectivity index (χ3v) is 5.25. The molecule has 2 N–H and O–H groups in total. The van der Waals surface area contributed by atoms with E-state index in [0.717, 1.165) is 21.6 Å². The van der Waals surface area contributed by atoms with Gasteiger partial charge in [0.1, 0.15) is 9.88 Å². The van der Waals surface area contributed by atoms with Gasteiger partial charge in [-0.05, 0) is 25.1 Å². The van der Waals surface area contributed by atoms with Crippen molar-refractivity contribution >= 4 is 45.8 Å². The first-order chi connectivity index (χ1) is 12.1. The van der Waals surface area contributed by atoms with Gasteiger partial charge in [-0.15, -0.1) is 11.3 Å². The Balaban J connectivity index is 1.63. The van der Waals surface area contributed by atoms with Crippen LogP contribution >= 0.6 is 22.9 Å². The highest BCUT2D eigenvalue weighted by Gasteiger charge is 2.18. The van der Waals surface area contributed by atoms with Crippen LogP contribution in [-0.4, -0.2) is 20.9 Å². The van der Waals surface area contributed by atoms with Crippen LogP contribution in [0.15, 0.2) is 48.5 Å². The molecule has 5 nitrogen and oxygen atoms in total. The van der Waals surface area contributed by atoms with E-state index < -0.39 is 0 Å². The molecule has 124 valence electrons. The number of carbonyl (C=O) groups excluding carboxylic acids is 1. The van der Waals surface area contributed by atoms with Crippen molar-refractivity contribution in [3.05, 3.63) is 64.1 Å². The highest BCUT2D eigenvalue weighted by atomic mass is 35.5. The number of nitrogens with zero attached hydrogens (tertiary/aromatic N) is 2. The first-order valence-electron chi connectivity index (χ1n) is 7.60. The molecule has 7 heteroatoms. The molecule has 0 aliphatic carbocycles. The molecule has 0 atom stereocenters. The molecule has 0 spiro atoms. The lowest BCUT2D eigenvalue weighted by Gasteiger charge is -1.99. The lowest BCUT2D eigenvalue weighted by atomic mass is 10.2. The van der Waals surface area contributed by atoms with Crippen molar-refractivity contribution in [1.82, 2.24) is 15.0 Å². The van der Waals surface area contributed by atoms with Crippen molar-refractivity contribution in [2.45, 2.75) is 6.92 Å². The molecule has 25 heavy (non-hydrogen) atoms. The second-order valence-electron chi connectivity index (χ2n) is 5.47. The Morgan fingerprint density at radius 2 is 1.88 bits per heavy atom. The zero-order valence-electron chi connectivity index (χ0n) is 13.2. The molecule has 0 radical (unpaired) electrons. The maximum atomic E-state index is 12.6. The Kier molecular flexibility index (Phi) is 3.99. The molecular weight excluding hydrogens is 356 g/mol. The number of rotatable bonds is 3. The van der Waals surface area contributed by atoms with Crippen LogP contribution in [0.1, 0.15) is 15.4 Å². The van der Waals surface area contributed by atoms with Crippen LogP contribution in [0.25, 0.3) is 21.6 Å². The van der Waals surface area contributed by atoms with Crippen LogP contribution in [0.5, 0.6) is 0 Å².